The summed E-state index contributed by atoms with van der Waals surface area (Å²) >= 11 is 0. The maximum atomic E-state index is 12.6. The highest BCUT2D eigenvalue weighted by atomic mass is 16.3. The summed E-state index contributed by atoms with van der Waals surface area (Å²) in [6.45, 7) is 5.35. The molecule has 1 atom stereocenters. The lowest BCUT2D eigenvalue weighted by Crippen LogP contribution is -2.41. The lowest BCUT2D eigenvalue weighted by molar-refractivity contribution is -0.134. The smallest absolute Gasteiger partial charge is 0.325 e. The Kier molecular flexibility index (Phi) is 4.54. The first kappa shape index (κ1) is 17.7. The molecule has 0 bridgehead atoms. The Bertz CT molecular complexity index is 827. The molecule has 1 aliphatic rings. The Morgan fingerprint density at radius 3 is 2.50 bits per heavy atom. The van der Waals surface area contributed by atoms with E-state index in [0.717, 1.165) is 10.5 Å². The summed E-state index contributed by atoms with van der Waals surface area (Å²) < 4.78 is 5.26. The van der Waals surface area contributed by atoms with Crippen LogP contribution in [0.15, 0.2) is 47.1 Å². The Morgan fingerprint density at radius 2 is 1.92 bits per heavy atom. The van der Waals surface area contributed by atoms with E-state index in [0.29, 0.717) is 17.4 Å². The molecule has 0 radical (unpaired) electrons. The van der Waals surface area contributed by atoms with E-state index < -0.39 is 23.4 Å². The molecule has 2 aromatic rings. The fraction of sp³-hybridized carbons (Fsp3) is 0.316. The van der Waals surface area contributed by atoms with E-state index in [-0.39, 0.29) is 6.54 Å². The predicted molar refractivity (Wildman–Crippen MR) is 95.5 cm³/mol. The molecule has 0 saturated carbocycles. The van der Waals surface area contributed by atoms with Gasteiger partial charge in [0, 0.05) is 5.69 Å². The molecule has 7 heteroatoms. The van der Waals surface area contributed by atoms with E-state index in [9.17, 15) is 14.4 Å². The molecule has 1 aliphatic heterocycles. The van der Waals surface area contributed by atoms with Crippen LogP contribution in [0.2, 0.25) is 0 Å². The Morgan fingerprint density at radius 1 is 1.23 bits per heavy atom. The normalized spacial score (nSPS) is 19.8. The molecule has 2 N–H and O–H groups in total. The maximum absolute atomic E-state index is 12.6. The zero-order valence-corrected chi connectivity index (χ0v) is 14.9. The SMILES string of the molecule is CC(C)c1ccc(NC(=O)CN2C(=O)NC(C)(c3ccco3)C2=O)cc1. The number of hydrogen-bond donors (Lipinski definition) is 2. The fourth-order valence-electron chi connectivity index (χ4n) is 2.87. The number of furan rings is 1. The van der Waals surface area contributed by atoms with E-state index in [1.165, 1.54) is 6.26 Å². The molecule has 2 heterocycles. The van der Waals surface area contributed by atoms with Crippen molar-refractivity contribution < 1.29 is 18.8 Å². The molecule has 26 heavy (non-hydrogen) atoms. The quantitative estimate of drug-likeness (QED) is 0.807. The summed E-state index contributed by atoms with van der Waals surface area (Å²) in [5.74, 6) is -0.259. The number of anilines is 1. The van der Waals surface area contributed by atoms with E-state index in [1.54, 1.807) is 31.2 Å². The van der Waals surface area contributed by atoms with Gasteiger partial charge in [-0.2, -0.15) is 0 Å². The number of nitrogens with one attached hydrogen (secondary N) is 2. The van der Waals surface area contributed by atoms with Gasteiger partial charge in [-0.05, 0) is 42.7 Å². The summed E-state index contributed by atoms with van der Waals surface area (Å²) in [5, 5.41) is 5.29. The van der Waals surface area contributed by atoms with Crippen molar-refractivity contribution in [1.29, 1.82) is 0 Å². The van der Waals surface area contributed by atoms with Gasteiger partial charge in [-0.1, -0.05) is 26.0 Å². The molecule has 1 unspecified atom stereocenters. The zero-order chi connectivity index (χ0) is 18.9. The number of nitrogens with zero attached hydrogens (tertiary/aromatic N) is 1. The van der Waals surface area contributed by atoms with Gasteiger partial charge in [0.05, 0.1) is 6.26 Å². The van der Waals surface area contributed by atoms with Crippen molar-refractivity contribution in [2.24, 2.45) is 0 Å². The molecule has 0 spiro atoms. The van der Waals surface area contributed by atoms with Crippen molar-refractivity contribution in [2.75, 3.05) is 11.9 Å². The molecular formula is C19H21N3O4. The van der Waals surface area contributed by atoms with Gasteiger partial charge in [0.15, 0.2) is 5.54 Å². The highest BCUT2D eigenvalue weighted by molar-refractivity contribution is 6.10. The molecule has 1 aromatic heterocycles. The minimum atomic E-state index is -1.31. The molecule has 1 saturated heterocycles. The third kappa shape index (κ3) is 3.20. The molecule has 1 fully saturated rings. The largest absolute Gasteiger partial charge is 0.466 e. The molecule has 4 amide bonds. The number of benzene rings is 1. The third-order valence-corrected chi connectivity index (χ3v) is 4.45. The first-order chi connectivity index (χ1) is 12.3. The summed E-state index contributed by atoms with van der Waals surface area (Å²) in [6, 6.07) is 10.1. The van der Waals surface area contributed by atoms with Gasteiger partial charge in [-0.25, -0.2) is 4.79 Å². The fourth-order valence-corrected chi connectivity index (χ4v) is 2.87. The van der Waals surface area contributed by atoms with Crippen molar-refractivity contribution in [3.8, 4) is 0 Å². The van der Waals surface area contributed by atoms with Gasteiger partial charge in [-0.15, -0.1) is 0 Å². The molecule has 1 aromatic carbocycles. The Labute approximate surface area is 151 Å². The van der Waals surface area contributed by atoms with Crippen molar-refractivity contribution in [1.82, 2.24) is 10.2 Å². The number of amides is 4. The summed E-state index contributed by atoms with van der Waals surface area (Å²) in [4.78, 5) is 38.0. The van der Waals surface area contributed by atoms with Crippen molar-refractivity contribution in [3.63, 3.8) is 0 Å². The van der Waals surface area contributed by atoms with Crippen LogP contribution in [-0.2, 0) is 15.1 Å². The van der Waals surface area contributed by atoms with E-state index >= 15 is 0 Å². The third-order valence-electron chi connectivity index (χ3n) is 4.45. The monoisotopic (exact) mass is 355 g/mol. The number of rotatable bonds is 5. The van der Waals surface area contributed by atoms with Crippen LogP contribution in [-0.4, -0.2) is 29.3 Å². The summed E-state index contributed by atoms with van der Waals surface area (Å²) in [5.41, 5.74) is 0.464. The van der Waals surface area contributed by atoms with Gasteiger partial charge in [0.2, 0.25) is 5.91 Å². The topological polar surface area (TPSA) is 91.7 Å². The van der Waals surface area contributed by atoms with Gasteiger partial charge >= 0.3 is 6.03 Å². The van der Waals surface area contributed by atoms with E-state index in [1.807, 2.05) is 12.1 Å². The van der Waals surface area contributed by atoms with Gasteiger partial charge in [-0.3, -0.25) is 14.5 Å². The maximum Gasteiger partial charge on any atom is 0.325 e. The molecule has 136 valence electrons. The lowest BCUT2D eigenvalue weighted by Gasteiger charge is -2.18. The predicted octanol–water partition coefficient (Wildman–Crippen LogP) is 2.81. The summed E-state index contributed by atoms with van der Waals surface area (Å²) in [7, 11) is 0. The highest BCUT2D eigenvalue weighted by Gasteiger charge is 2.51. The van der Waals surface area contributed by atoms with Gasteiger partial charge in [0.1, 0.15) is 12.3 Å². The van der Waals surface area contributed by atoms with Gasteiger partial charge < -0.3 is 15.1 Å². The summed E-state index contributed by atoms with van der Waals surface area (Å²) in [6.07, 6.45) is 1.43. The first-order valence-electron chi connectivity index (χ1n) is 8.39. The van der Waals surface area contributed by atoms with Crippen molar-refractivity contribution in [3.05, 3.63) is 54.0 Å². The standard InChI is InChI=1S/C19H21N3O4/c1-12(2)13-6-8-14(9-7-13)20-16(23)11-22-17(24)19(3,21-18(22)25)15-5-4-10-26-15/h4-10,12H,11H2,1-3H3,(H,20,23)(H,21,25). The molecule has 0 aliphatic carbocycles. The van der Waals surface area contributed by atoms with Crippen LogP contribution in [0, 0.1) is 0 Å². The average molecular weight is 355 g/mol. The molecular weight excluding hydrogens is 334 g/mol. The van der Waals surface area contributed by atoms with Crippen LogP contribution in [0.3, 0.4) is 0 Å². The molecule has 7 nitrogen and oxygen atoms in total. The highest BCUT2D eigenvalue weighted by Crippen LogP contribution is 2.29. The lowest BCUT2D eigenvalue weighted by atomic mass is 9.99. The van der Waals surface area contributed by atoms with Crippen LogP contribution in [0.1, 0.15) is 38.0 Å². The van der Waals surface area contributed by atoms with Crippen LogP contribution in [0.4, 0.5) is 10.5 Å². The Balaban J connectivity index is 1.67. The zero-order valence-electron chi connectivity index (χ0n) is 14.9. The number of carbonyl (C=O) groups is 3. The first-order valence-corrected chi connectivity index (χ1v) is 8.39. The van der Waals surface area contributed by atoms with Crippen LogP contribution < -0.4 is 10.6 Å². The second kappa shape index (κ2) is 6.67. The van der Waals surface area contributed by atoms with E-state index in [2.05, 4.69) is 24.5 Å². The van der Waals surface area contributed by atoms with Crippen molar-refractivity contribution >= 4 is 23.5 Å². The number of imide groups is 1. The van der Waals surface area contributed by atoms with Crippen LogP contribution in [0.25, 0.3) is 0 Å². The minimum Gasteiger partial charge on any atom is -0.466 e. The number of urea groups is 1. The van der Waals surface area contributed by atoms with Crippen LogP contribution >= 0.6 is 0 Å². The second-order valence-corrected chi connectivity index (χ2v) is 6.75. The number of hydrogen-bond acceptors (Lipinski definition) is 4. The van der Waals surface area contributed by atoms with E-state index in [4.69, 9.17) is 4.42 Å². The second-order valence-electron chi connectivity index (χ2n) is 6.75. The van der Waals surface area contributed by atoms with Crippen molar-refractivity contribution in [2.45, 2.75) is 32.2 Å². The Hall–Kier alpha value is -3.09. The average Bonchev–Trinajstić information content (AvgIpc) is 3.20. The minimum absolute atomic E-state index is 0.322. The van der Waals surface area contributed by atoms with Crippen LogP contribution in [0.5, 0.6) is 0 Å². The number of carbonyl (C=O) groups excluding carboxylic acids is 3. The van der Waals surface area contributed by atoms with Gasteiger partial charge in [0.25, 0.3) is 5.91 Å². The molecule has 3 rings (SSSR count).